The molecule has 8 nitrogen and oxygen atoms in total. The fourth-order valence-electron chi connectivity index (χ4n) is 3.70. The molecule has 3 aromatic rings. The van der Waals surface area contributed by atoms with Crippen LogP contribution in [0.4, 0.5) is 17.1 Å². The highest BCUT2D eigenvalue weighted by atomic mass is 16.6. The van der Waals surface area contributed by atoms with E-state index in [1.807, 2.05) is 32.0 Å². The normalized spacial score (nSPS) is 15.4. The topological polar surface area (TPSA) is 102 Å². The number of carbonyl (C=O) groups is 2. The van der Waals surface area contributed by atoms with E-state index in [4.69, 9.17) is 4.74 Å². The first-order valence-corrected chi connectivity index (χ1v) is 10.5. The van der Waals surface area contributed by atoms with Gasteiger partial charge in [0.25, 0.3) is 5.69 Å². The van der Waals surface area contributed by atoms with Crippen molar-refractivity contribution in [2.24, 2.45) is 5.92 Å². The number of rotatable bonds is 6. The van der Waals surface area contributed by atoms with Crippen LogP contribution in [0, 0.1) is 29.9 Å². The summed E-state index contributed by atoms with van der Waals surface area (Å²) in [6.07, 6.45) is 0.0800. The van der Waals surface area contributed by atoms with Gasteiger partial charge >= 0.3 is 0 Å². The quantitative estimate of drug-likeness (QED) is 0.425. The Balaban J connectivity index is 1.37. The molecular formula is C25H23N3O5. The van der Waals surface area contributed by atoms with Crippen molar-refractivity contribution < 1.29 is 19.2 Å². The van der Waals surface area contributed by atoms with E-state index in [1.54, 1.807) is 24.3 Å². The van der Waals surface area contributed by atoms with Crippen molar-refractivity contribution in [2.75, 3.05) is 16.8 Å². The number of nitrogens with zero attached hydrogens (tertiary/aromatic N) is 2. The number of benzene rings is 3. The van der Waals surface area contributed by atoms with Gasteiger partial charge in [0.1, 0.15) is 11.5 Å². The molecular weight excluding hydrogens is 422 g/mol. The number of nitro groups is 1. The predicted molar refractivity (Wildman–Crippen MR) is 125 cm³/mol. The maximum atomic E-state index is 12.7. The lowest BCUT2D eigenvalue weighted by Crippen LogP contribution is -2.28. The van der Waals surface area contributed by atoms with Gasteiger partial charge in [-0.3, -0.25) is 19.7 Å². The molecule has 1 aliphatic rings. The molecule has 1 saturated heterocycles. The number of aryl methyl sites for hydroxylation is 1. The second-order valence-electron chi connectivity index (χ2n) is 7.99. The standard InChI is InChI=1S/C25H23N3O5/c1-16-4-3-5-23(17(16)2)33-22-12-6-19(7-13-22)26-25(30)18-14-24(29)27(15-18)20-8-10-21(11-9-20)28(31)32/h3-13,18H,14-15H2,1-2H3,(H,26,30)/t18-/m0/s1. The van der Waals surface area contributed by atoms with Crippen LogP contribution in [0.15, 0.2) is 66.7 Å². The minimum Gasteiger partial charge on any atom is -0.457 e. The van der Waals surface area contributed by atoms with Crippen molar-refractivity contribution >= 4 is 28.9 Å². The smallest absolute Gasteiger partial charge is 0.269 e. The zero-order chi connectivity index (χ0) is 23.5. The van der Waals surface area contributed by atoms with E-state index in [9.17, 15) is 19.7 Å². The second-order valence-corrected chi connectivity index (χ2v) is 7.99. The highest BCUT2D eigenvalue weighted by Crippen LogP contribution is 2.29. The average molecular weight is 445 g/mol. The Labute approximate surface area is 190 Å². The summed E-state index contributed by atoms with van der Waals surface area (Å²) in [5.41, 5.74) is 3.30. The van der Waals surface area contributed by atoms with Crippen LogP contribution in [0.1, 0.15) is 17.5 Å². The molecule has 0 radical (unpaired) electrons. The predicted octanol–water partition coefficient (Wildman–Crippen LogP) is 5.00. The van der Waals surface area contributed by atoms with Gasteiger partial charge in [0.05, 0.1) is 10.8 Å². The van der Waals surface area contributed by atoms with E-state index in [2.05, 4.69) is 5.32 Å². The number of nitro benzene ring substituents is 1. The van der Waals surface area contributed by atoms with E-state index in [0.717, 1.165) is 16.9 Å². The Hall–Kier alpha value is -4.20. The monoisotopic (exact) mass is 445 g/mol. The molecule has 1 atom stereocenters. The fourth-order valence-corrected chi connectivity index (χ4v) is 3.70. The number of nitrogens with one attached hydrogen (secondary N) is 1. The fraction of sp³-hybridized carbons (Fsp3) is 0.200. The zero-order valence-electron chi connectivity index (χ0n) is 18.3. The molecule has 8 heteroatoms. The van der Waals surface area contributed by atoms with Crippen molar-refractivity contribution in [1.82, 2.24) is 0 Å². The van der Waals surface area contributed by atoms with Gasteiger partial charge in [0.15, 0.2) is 0 Å². The third kappa shape index (κ3) is 4.85. The van der Waals surface area contributed by atoms with E-state index >= 15 is 0 Å². The Morgan fingerprint density at radius 3 is 2.42 bits per heavy atom. The third-order valence-electron chi connectivity index (χ3n) is 5.77. The molecule has 1 N–H and O–H groups in total. The van der Waals surface area contributed by atoms with Crippen molar-refractivity contribution in [3.63, 3.8) is 0 Å². The molecule has 1 heterocycles. The molecule has 0 spiro atoms. The van der Waals surface area contributed by atoms with Crippen LogP contribution in [0.2, 0.25) is 0 Å². The van der Waals surface area contributed by atoms with Gasteiger partial charge in [0.2, 0.25) is 11.8 Å². The first-order valence-electron chi connectivity index (χ1n) is 10.5. The summed E-state index contributed by atoms with van der Waals surface area (Å²) in [7, 11) is 0. The van der Waals surface area contributed by atoms with Gasteiger partial charge in [-0.15, -0.1) is 0 Å². The number of anilines is 2. The molecule has 0 saturated carbocycles. The number of hydrogen-bond acceptors (Lipinski definition) is 5. The van der Waals surface area contributed by atoms with Gasteiger partial charge in [-0.2, -0.15) is 0 Å². The summed E-state index contributed by atoms with van der Waals surface area (Å²) in [6.45, 7) is 4.25. The van der Waals surface area contributed by atoms with Gasteiger partial charge in [0, 0.05) is 36.5 Å². The van der Waals surface area contributed by atoms with E-state index in [0.29, 0.717) is 17.1 Å². The molecule has 1 aliphatic heterocycles. The average Bonchev–Trinajstić information content (AvgIpc) is 3.20. The molecule has 4 rings (SSSR count). The number of non-ortho nitro benzene ring substituents is 1. The summed E-state index contributed by atoms with van der Waals surface area (Å²) < 4.78 is 5.94. The third-order valence-corrected chi connectivity index (χ3v) is 5.77. The lowest BCUT2D eigenvalue weighted by molar-refractivity contribution is -0.384. The van der Waals surface area contributed by atoms with Crippen LogP contribution in [-0.4, -0.2) is 23.3 Å². The van der Waals surface area contributed by atoms with E-state index in [-0.39, 0.29) is 30.5 Å². The summed E-state index contributed by atoms with van der Waals surface area (Å²) in [6, 6.07) is 18.7. The van der Waals surface area contributed by atoms with E-state index < -0.39 is 10.8 Å². The molecule has 0 aliphatic carbocycles. The SMILES string of the molecule is Cc1cccc(Oc2ccc(NC(=O)[C@H]3CC(=O)N(c4ccc([N+](=O)[O-])cc4)C3)cc2)c1C. The number of amides is 2. The first kappa shape index (κ1) is 22.0. The summed E-state index contributed by atoms with van der Waals surface area (Å²) >= 11 is 0. The largest absolute Gasteiger partial charge is 0.457 e. The molecule has 0 unspecified atom stereocenters. The highest BCUT2D eigenvalue weighted by Gasteiger charge is 2.35. The first-order chi connectivity index (χ1) is 15.8. The van der Waals surface area contributed by atoms with Crippen LogP contribution in [0.25, 0.3) is 0 Å². The van der Waals surface area contributed by atoms with Gasteiger partial charge in [-0.1, -0.05) is 12.1 Å². The molecule has 1 fully saturated rings. The molecule has 2 amide bonds. The summed E-state index contributed by atoms with van der Waals surface area (Å²) in [5.74, 6) is 0.473. The Bertz CT molecular complexity index is 1210. The number of carbonyl (C=O) groups excluding carboxylic acids is 2. The number of hydrogen-bond donors (Lipinski definition) is 1. The van der Waals surface area contributed by atoms with Crippen LogP contribution < -0.4 is 15.0 Å². The van der Waals surface area contributed by atoms with Crippen molar-refractivity contribution in [2.45, 2.75) is 20.3 Å². The lowest BCUT2D eigenvalue weighted by Gasteiger charge is -2.16. The minimum atomic E-state index is -0.515. The van der Waals surface area contributed by atoms with Crippen LogP contribution >= 0.6 is 0 Å². The lowest BCUT2D eigenvalue weighted by atomic mass is 10.1. The molecule has 0 aromatic heterocycles. The summed E-state index contributed by atoms with van der Waals surface area (Å²) in [5, 5.41) is 13.7. The van der Waals surface area contributed by atoms with Crippen molar-refractivity contribution in [3.8, 4) is 11.5 Å². The number of ether oxygens (including phenoxy) is 1. The van der Waals surface area contributed by atoms with Crippen LogP contribution in [-0.2, 0) is 9.59 Å². The molecule has 0 bridgehead atoms. The van der Waals surface area contributed by atoms with E-state index in [1.165, 1.54) is 29.2 Å². The van der Waals surface area contributed by atoms with Crippen LogP contribution in [0.3, 0.4) is 0 Å². The highest BCUT2D eigenvalue weighted by molar-refractivity contribution is 6.03. The maximum Gasteiger partial charge on any atom is 0.269 e. The molecule has 33 heavy (non-hydrogen) atoms. The maximum absolute atomic E-state index is 12.7. The van der Waals surface area contributed by atoms with Crippen molar-refractivity contribution in [1.29, 1.82) is 0 Å². The Morgan fingerprint density at radius 2 is 1.76 bits per heavy atom. The van der Waals surface area contributed by atoms with Gasteiger partial charge < -0.3 is 15.0 Å². The van der Waals surface area contributed by atoms with Gasteiger partial charge in [-0.05, 0) is 67.4 Å². The van der Waals surface area contributed by atoms with Crippen LogP contribution in [0.5, 0.6) is 11.5 Å². The van der Waals surface area contributed by atoms with Crippen molar-refractivity contribution in [3.05, 3.63) is 88.0 Å². The Morgan fingerprint density at radius 1 is 1.06 bits per heavy atom. The molecule has 168 valence electrons. The Kier molecular flexibility index (Phi) is 6.08. The molecule has 3 aromatic carbocycles. The van der Waals surface area contributed by atoms with Gasteiger partial charge in [-0.25, -0.2) is 0 Å². The minimum absolute atomic E-state index is 0.0512. The summed E-state index contributed by atoms with van der Waals surface area (Å²) in [4.78, 5) is 37.0. The zero-order valence-corrected chi connectivity index (χ0v) is 18.3. The second kappa shape index (κ2) is 9.12.